The first-order valence-corrected chi connectivity index (χ1v) is 7.10. The number of Topliss-reactive ketones (excluding diaryl/α,β-unsaturated/α-hetero) is 1. The molecule has 4 nitrogen and oxygen atoms in total. The molecule has 2 aromatic rings. The van der Waals surface area contributed by atoms with Crippen LogP contribution in [0.4, 0.5) is 14.5 Å². The molecule has 0 radical (unpaired) electrons. The SMILES string of the molecule is CC(=O)c1ccccc1NC(=O)/C=C/c1ccccc1OC(F)F. The molecule has 24 heavy (non-hydrogen) atoms. The summed E-state index contributed by atoms with van der Waals surface area (Å²) in [6, 6.07) is 12.7. The summed E-state index contributed by atoms with van der Waals surface area (Å²) >= 11 is 0. The van der Waals surface area contributed by atoms with Crippen molar-refractivity contribution in [1.29, 1.82) is 0 Å². The van der Waals surface area contributed by atoms with Crippen molar-refractivity contribution in [3.63, 3.8) is 0 Å². The normalized spacial score (nSPS) is 10.8. The van der Waals surface area contributed by atoms with Crippen molar-refractivity contribution in [2.45, 2.75) is 13.5 Å². The first-order chi connectivity index (χ1) is 11.5. The fourth-order valence-corrected chi connectivity index (χ4v) is 2.06. The molecule has 1 N–H and O–H groups in total. The van der Waals surface area contributed by atoms with E-state index in [1.807, 2.05) is 0 Å². The van der Waals surface area contributed by atoms with Gasteiger partial charge in [0.05, 0.1) is 5.69 Å². The van der Waals surface area contributed by atoms with Crippen LogP contribution in [0.1, 0.15) is 22.8 Å². The summed E-state index contributed by atoms with van der Waals surface area (Å²) in [7, 11) is 0. The summed E-state index contributed by atoms with van der Waals surface area (Å²) in [6.45, 7) is -1.55. The minimum Gasteiger partial charge on any atom is -0.434 e. The zero-order chi connectivity index (χ0) is 17.5. The molecule has 0 spiro atoms. The third-order valence-corrected chi connectivity index (χ3v) is 3.11. The molecule has 124 valence electrons. The van der Waals surface area contributed by atoms with Crippen molar-refractivity contribution >= 4 is 23.5 Å². The lowest BCUT2D eigenvalue weighted by Crippen LogP contribution is -2.11. The second kappa shape index (κ2) is 8.01. The topological polar surface area (TPSA) is 55.4 Å². The van der Waals surface area contributed by atoms with Gasteiger partial charge in [0.15, 0.2) is 5.78 Å². The lowest BCUT2D eigenvalue weighted by atomic mass is 10.1. The van der Waals surface area contributed by atoms with Gasteiger partial charge in [0.25, 0.3) is 0 Å². The lowest BCUT2D eigenvalue weighted by molar-refractivity contribution is -0.111. The predicted molar refractivity (Wildman–Crippen MR) is 87.2 cm³/mol. The number of benzene rings is 2. The molecule has 2 aromatic carbocycles. The average Bonchev–Trinajstić information content (AvgIpc) is 2.54. The Bertz CT molecular complexity index is 772. The molecule has 0 saturated heterocycles. The Morgan fingerprint density at radius 2 is 1.75 bits per heavy atom. The van der Waals surface area contributed by atoms with Crippen LogP contribution in [0, 0.1) is 0 Å². The average molecular weight is 331 g/mol. The van der Waals surface area contributed by atoms with Gasteiger partial charge >= 0.3 is 6.61 Å². The van der Waals surface area contributed by atoms with Crippen molar-refractivity contribution in [3.8, 4) is 5.75 Å². The van der Waals surface area contributed by atoms with Crippen LogP contribution in [0.5, 0.6) is 5.75 Å². The Balaban J connectivity index is 2.13. The number of carbonyl (C=O) groups is 2. The van der Waals surface area contributed by atoms with Gasteiger partial charge in [-0.15, -0.1) is 0 Å². The molecule has 0 aromatic heterocycles. The second-order valence-electron chi connectivity index (χ2n) is 4.84. The molecule has 0 aliphatic rings. The summed E-state index contributed by atoms with van der Waals surface area (Å²) in [5, 5.41) is 2.59. The van der Waals surface area contributed by atoms with Crippen LogP contribution in [0.2, 0.25) is 0 Å². The van der Waals surface area contributed by atoms with Crippen molar-refractivity contribution in [2.75, 3.05) is 5.32 Å². The highest BCUT2D eigenvalue weighted by molar-refractivity contribution is 6.07. The number of ether oxygens (including phenoxy) is 1. The third kappa shape index (κ3) is 4.74. The minimum absolute atomic E-state index is 0.0271. The van der Waals surface area contributed by atoms with E-state index >= 15 is 0 Å². The Morgan fingerprint density at radius 1 is 1.08 bits per heavy atom. The van der Waals surface area contributed by atoms with Gasteiger partial charge in [-0.1, -0.05) is 30.3 Å². The number of rotatable bonds is 6. The molecule has 0 aliphatic heterocycles. The van der Waals surface area contributed by atoms with Gasteiger partial charge in [-0.2, -0.15) is 8.78 Å². The highest BCUT2D eigenvalue weighted by atomic mass is 19.3. The summed E-state index contributed by atoms with van der Waals surface area (Å²) in [5.41, 5.74) is 1.12. The summed E-state index contributed by atoms with van der Waals surface area (Å²) in [4.78, 5) is 23.5. The number of para-hydroxylation sites is 2. The van der Waals surface area contributed by atoms with E-state index in [-0.39, 0.29) is 11.5 Å². The first-order valence-electron chi connectivity index (χ1n) is 7.10. The van der Waals surface area contributed by atoms with Crippen LogP contribution in [0.15, 0.2) is 54.6 Å². The number of halogens is 2. The fourth-order valence-electron chi connectivity index (χ4n) is 2.06. The Hall–Kier alpha value is -3.02. The monoisotopic (exact) mass is 331 g/mol. The van der Waals surface area contributed by atoms with Gasteiger partial charge in [0.2, 0.25) is 5.91 Å². The van der Waals surface area contributed by atoms with Gasteiger partial charge in [-0.05, 0) is 31.2 Å². The standard InChI is InChI=1S/C18H15F2NO3/c1-12(22)14-7-3-4-8-15(14)21-17(23)11-10-13-6-2-5-9-16(13)24-18(19)20/h2-11,18H,1H3,(H,21,23)/b11-10+. The molecule has 0 saturated carbocycles. The molecule has 2 rings (SSSR count). The van der Waals surface area contributed by atoms with Crippen LogP contribution in [0.3, 0.4) is 0 Å². The lowest BCUT2D eigenvalue weighted by Gasteiger charge is -2.08. The number of hydrogen-bond acceptors (Lipinski definition) is 3. The van der Waals surface area contributed by atoms with Gasteiger partial charge in [0.1, 0.15) is 5.75 Å². The maximum absolute atomic E-state index is 12.3. The number of ketones is 1. The number of nitrogens with one attached hydrogen (secondary N) is 1. The highest BCUT2D eigenvalue weighted by Crippen LogP contribution is 2.22. The molecule has 0 heterocycles. The Labute approximate surface area is 137 Å². The molecule has 0 fully saturated rings. The zero-order valence-corrected chi connectivity index (χ0v) is 12.8. The van der Waals surface area contributed by atoms with Crippen molar-refractivity contribution in [1.82, 2.24) is 0 Å². The molecule has 1 amide bonds. The first kappa shape index (κ1) is 17.3. The van der Waals surface area contributed by atoms with E-state index in [4.69, 9.17) is 0 Å². The van der Waals surface area contributed by atoms with E-state index in [9.17, 15) is 18.4 Å². The van der Waals surface area contributed by atoms with E-state index in [2.05, 4.69) is 10.1 Å². The second-order valence-corrected chi connectivity index (χ2v) is 4.84. The number of carbonyl (C=O) groups excluding carboxylic acids is 2. The molecule has 0 atom stereocenters. The quantitative estimate of drug-likeness (QED) is 0.639. The van der Waals surface area contributed by atoms with Crippen LogP contribution in [0.25, 0.3) is 6.08 Å². The molecular formula is C18H15F2NO3. The van der Waals surface area contributed by atoms with Crippen LogP contribution < -0.4 is 10.1 Å². The van der Waals surface area contributed by atoms with Crippen molar-refractivity contribution in [3.05, 3.63) is 65.7 Å². The van der Waals surface area contributed by atoms with Gasteiger partial charge in [-0.3, -0.25) is 9.59 Å². The van der Waals surface area contributed by atoms with Crippen molar-refractivity contribution in [2.24, 2.45) is 0 Å². The molecule has 0 bridgehead atoms. The van der Waals surface area contributed by atoms with Crippen molar-refractivity contribution < 1.29 is 23.1 Å². The fraction of sp³-hybridized carbons (Fsp3) is 0.111. The van der Waals surface area contributed by atoms with Gasteiger partial charge < -0.3 is 10.1 Å². The Morgan fingerprint density at radius 3 is 2.46 bits per heavy atom. The van der Waals surface area contributed by atoms with E-state index in [1.165, 1.54) is 25.1 Å². The summed E-state index contributed by atoms with van der Waals surface area (Å²) in [5.74, 6) is -0.693. The van der Waals surface area contributed by atoms with E-state index in [0.29, 0.717) is 16.8 Å². The number of hydrogen-bond donors (Lipinski definition) is 1. The van der Waals surface area contributed by atoms with E-state index < -0.39 is 12.5 Å². The highest BCUT2D eigenvalue weighted by Gasteiger charge is 2.09. The minimum atomic E-state index is -2.95. The molecule has 0 unspecified atom stereocenters. The number of amides is 1. The van der Waals surface area contributed by atoms with Crippen LogP contribution in [-0.2, 0) is 4.79 Å². The molecular weight excluding hydrogens is 316 g/mol. The summed E-state index contributed by atoms with van der Waals surface area (Å²) in [6.07, 6.45) is 2.55. The largest absolute Gasteiger partial charge is 0.434 e. The van der Waals surface area contributed by atoms with Gasteiger partial charge in [0, 0.05) is 17.2 Å². The van der Waals surface area contributed by atoms with Crippen LogP contribution >= 0.6 is 0 Å². The van der Waals surface area contributed by atoms with Gasteiger partial charge in [-0.25, -0.2) is 0 Å². The molecule has 0 aliphatic carbocycles. The Kier molecular flexibility index (Phi) is 5.78. The third-order valence-electron chi connectivity index (χ3n) is 3.11. The summed E-state index contributed by atoms with van der Waals surface area (Å²) < 4.78 is 29.1. The smallest absolute Gasteiger partial charge is 0.387 e. The maximum Gasteiger partial charge on any atom is 0.387 e. The molecule has 6 heteroatoms. The zero-order valence-electron chi connectivity index (χ0n) is 12.8. The number of anilines is 1. The number of alkyl halides is 2. The maximum atomic E-state index is 12.3. The van der Waals surface area contributed by atoms with Crippen LogP contribution in [-0.4, -0.2) is 18.3 Å². The van der Waals surface area contributed by atoms with E-state index in [1.54, 1.807) is 42.5 Å². The predicted octanol–water partition coefficient (Wildman–Crippen LogP) is 4.14. The van der Waals surface area contributed by atoms with E-state index in [0.717, 1.165) is 0 Å².